The zero-order valence-corrected chi connectivity index (χ0v) is 15.6. The van der Waals surface area contributed by atoms with Crippen LogP contribution >= 0.6 is 7.60 Å². The van der Waals surface area contributed by atoms with E-state index < -0.39 is 7.60 Å². The minimum Gasteiger partial charge on any atom is -0.489 e. The summed E-state index contributed by atoms with van der Waals surface area (Å²) in [5, 5.41) is 9.35. The second-order valence-electron chi connectivity index (χ2n) is 5.48. The van der Waals surface area contributed by atoms with Crippen molar-refractivity contribution in [3.63, 3.8) is 0 Å². The molecule has 1 N–H and O–H groups in total. The van der Waals surface area contributed by atoms with Crippen LogP contribution in [0.3, 0.4) is 0 Å². The van der Waals surface area contributed by atoms with Gasteiger partial charge in [0.1, 0.15) is 12.4 Å². The number of aliphatic hydroxyl groups excluding tert-OH is 1. The molecule has 0 aliphatic heterocycles. The fourth-order valence-electron chi connectivity index (χ4n) is 2.50. The smallest absolute Gasteiger partial charge is 0.335 e. The summed E-state index contributed by atoms with van der Waals surface area (Å²) in [6.45, 7) is 4.58. The van der Waals surface area contributed by atoms with Crippen molar-refractivity contribution >= 4 is 7.60 Å². The maximum atomic E-state index is 12.7. The third kappa shape index (κ3) is 5.98. The van der Waals surface area contributed by atoms with Crippen LogP contribution in [0.2, 0.25) is 0 Å². The van der Waals surface area contributed by atoms with E-state index in [9.17, 15) is 9.67 Å². The molecular weight excluding hydrogens is 339 g/mol. The van der Waals surface area contributed by atoms with Crippen molar-refractivity contribution in [1.29, 1.82) is 0 Å². The van der Waals surface area contributed by atoms with Crippen LogP contribution in [0.15, 0.2) is 48.5 Å². The molecule has 0 heterocycles. The summed E-state index contributed by atoms with van der Waals surface area (Å²) in [4.78, 5) is 0. The van der Waals surface area contributed by atoms with Crippen LogP contribution in [0.1, 0.15) is 30.5 Å². The number of para-hydroxylation sites is 1. The Kier molecular flexibility index (Phi) is 7.66. The molecule has 0 aliphatic carbocycles. The van der Waals surface area contributed by atoms with Gasteiger partial charge in [0.25, 0.3) is 0 Å². The average molecular weight is 364 g/mol. The second kappa shape index (κ2) is 9.73. The van der Waals surface area contributed by atoms with E-state index in [4.69, 9.17) is 13.8 Å². The van der Waals surface area contributed by atoms with Crippen LogP contribution in [0.4, 0.5) is 0 Å². The van der Waals surface area contributed by atoms with Gasteiger partial charge in [-0.05, 0) is 31.0 Å². The lowest BCUT2D eigenvalue weighted by atomic mass is 10.1. The van der Waals surface area contributed by atoms with Crippen LogP contribution in [-0.2, 0) is 33.0 Å². The molecule has 2 aromatic carbocycles. The topological polar surface area (TPSA) is 65.0 Å². The molecule has 0 aromatic heterocycles. The van der Waals surface area contributed by atoms with Crippen molar-refractivity contribution in [2.24, 2.45) is 0 Å². The summed E-state index contributed by atoms with van der Waals surface area (Å²) in [6, 6.07) is 15.1. The third-order valence-corrected chi connectivity index (χ3v) is 5.61. The number of aliphatic hydroxyl groups is 1. The Balaban J connectivity index is 2.06. The number of ether oxygens (including phenoxy) is 1. The first-order valence-corrected chi connectivity index (χ1v) is 10.1. The number of benzene rings is 2. The van der Waals surface area contributed by atoms with Gasteiger partial charge in [0.15, 0.2) is 0 Å². The first-order chi connectivity index (χ1) is 12.1. The Morgan fingerprint density at radius 3 is 2.32 bits per heavy atom. The lowest BCUT2D eigenvalue weighted by Crippen LogP contribution is -2.01. The zero-order chi connectivity index (χ0) is 18.1. The molecular formula is C19H25O5P. The van der Waals surface area contributed by atoms with E-state index in [0.717, 1.165) is 16.7 Å². The maximum absolute atomic E-state index is 12.7. The third-order valence-electron chi connectivity index (χ3n) is 3.56. The van der Waals surface area contributed by atoms with Gasteiger partial charge in [0.05, 0.1) is 26.0 Å². The molecule has 0 bridgehead atoms. The zero-order valence-electron chi connectivity index (χ0n) is 14.7. The summed E-state index contributed by atoms with van der Waals surface area (Å²) >= 11 is 0. The van der Waals surface area contributed by atoms with Crippen molar-refractivity contribution in [1.82, 2.24) is 0 Å². The summed E-state index contributed by atoms with van der Waals surface area (Å²) in [7, 11) is -3.12. The quantitative estimate of drug-likeness (QED) is 0.628. The molecule has 2 aromatic rings. The number of hydrogen-bond acceptors (Lipinski definition) is 5. The van der Waals surface area contributed by atoms with Gasteiger partial charge in [-0.25, -0.2) is 0 Å². The standard InChI is InChI=1S/C19H25O5P/c1-3-23-25(21,24-4-2)15-17-9-7-8-16(12-17)14-22-19-11-6-5-10-18(19)13-20/h5-12,20H,3-4,13-15H2,1-2H3. The van der Waals surface area contributed by atoms with Gasteiger partial charge in [-0.2, -0.15) is 0 Å². The van der Waals surface area contributed by atoms with Crippen LogP contribution in [0.25, 0.3) is 0 Å². The van der Waals surface area contributed by atoms with Gasteiger partial charge in [-0.1, -0.05) is 42.5 Å². The Bertz CT molecular complexity index is 706. The molecule has 2 rings (SSSR count). The Morgan fingerprint density at radius 2 is 1.64 bits per heavy atom. The van der Waals surface area contributed by atoms with E-state index in [1.54, 1.807) is 13.8 Å². The van der Waals surface area contributed by atoms with Crippen molar-refractivity contribution in [3.8, 4) is 5.75 Å². The summed E-state index contributed by atoms with van der Waals surface area (Å²) < 4.78 is 29.2. The highest BCUT2D eigenvalue weighted by molar-refractivity contribution is 7.53. The molecule has 0 radical (unpaired) electrons. The van der Waals surface area contributed by atoms with Crippen molar-refractivity contribution in [2.75, 3.05) is 13.2 Å². The normalized spacial score (nSPS) is 11.5. The predicted octanol–water partition coefficient (Wildman–Crippen LogP) is 4.52. The SMILES string of the molecule is CCOP(=O)(Cc1cccc(COc2ccccc2CO)c1)OCC. The average Bonchev–Trinajstić information content (AvgIpc) is 2.60. The second-order valence-corrected chi connectivity index (χ2v) is 7.53. The molecule has 5 nitrogen and oxygen atoms in total. The lowest BCUT2D eigenvalue weighted by Gasteiger charge is -2.17. The van der Waals surface area contributed by atoms with E-state index in [1.165, 1.54) is 0 Å². The minimum absolute atomic E-state index is 0.0674. The van der Waals surface area contributed by atoms with E-state index in [2.05, 4.69) is 0 Å². The van der Waals surface area contributed by atoms with E-state index in [-0.39, 0.29) is 12.8 Å². The van der Waals surface area contributed by atoms with E-state index in [1.807, 2.05) is 48.5 Å². The first-order valence-electron chi connectivity index (χ1n) is 8.37. The Morgan fingerprint density at radius 1 is 0.960 bits per heavy atom. The number of rotatable bonds is 10. The first kappa shape index (κ1) is 19.7. The van der Waals surface area contributed by atoms with Crippen molar-refractivity contribution < 1.29 is 23.5 Å². The van der Waals surface area contributed by atoms with Crippen molar-refractivity contribution in [2.45, 2.75) is 33.2 Å². The van der Waals surface area contributed by atoms with Crippen molar-refractivity contribution in [3.05, 3.63) is 65.2 Å². The minimum atomic E-state index is -3.12. The highest BCUT2D eigenvalue weighted by Crippen LogP contribution is 2.51. The number of hydrogen-bond donors (Lipinski definition) is 1. The molecule has 25 heavy (non-hydrogen) atoms. The van der Waals surface area contributed by atoms with Crippen LogP contribution in [0.5, 0.6) is 5.75 Å². The fraction of sp³-hybridized carbons (Fsp3) is 0.368. The lowest BCUT2D eigenvalue weighted by molar-refractivity contribution is 0.219. The maximum Gasteiger partial charge on any atom is 0.335 e. The largest absolute Gasteiger partial charge is 0.489 e. The van der Waals surface area contributed by atoms with E-state index >= 15 is 0 Å². The molecule has 0 unspecified atom stereocenters. The van der Waals surface area contributed by atoms with E-state index in [0.29, 0.717) is 25.6 Å². The molecule has 0 atom stereocenters. The van der Waals surface area contributed by atoms with Gasteiger partial charge in [0.2, 0.25) is 0 Å². The predicted molar refractivity (Wildman–Crippen MR) is 97.7 cm³/mol. The monoisotopic (exact) mass is 364 g/mol. The molecule has 0 fully saturated rings. The summed E-state index contributed by atoms with van der Waals surface area (Å²) in [5.74, 6) is 0.657. The highest BCUT2D eigenvalue weighted by Gasteiger charge is 2.24. The van der Waals surface area contributed by atoms with Gasteiger partial charge in [-0.3, -0.25) is 4.57 Å². The van der Waals surface area contributed by atoms with Gasteiger partial charge < -0.3 is 18.9 Å². The van der Waals surface area contributed by atoms with Gasteiger partial charge in [-0.15, -0.1) is 0 Å². The molecule has 0 amide bonds. The molecule has 0 aliphatic rings. The summed E-state index contributed by atoms with van der Waals surface area (Å²) in [5.41, 5.74) is 2.57. The molecule has 0 saturated heterocycles. The molecule has 136 valence electrons. The fourth-order valence-corrected chi connectivity index (χ4v) is 4.19. The highest BCUT2D eigenvalue weighted by atomic mass is 31.2. The van der Waals surface area contributed by atoms with Crippen LogP contribution < -0.4 is 4.74 Å². The Hall–Kier alpha value is -1.65. The van der Waals surface area contributed by atoms with Gasteiger partial charge >= 0.3 is 7.60 Å². The Labute approximate surface area is 149 Å². The molecule has 0 spiro atoms. The van der Waals surface area contributed by atoms with Gasteiger partial charge in [0, 0.05) is 5.56 Å². The molecule has 6 heteroatoms. The van der Waals surface area contributed by atoms with Crippen LogP contribution in [-0.4, -0.2) is 18.3 Å². The molecule has 0 saturated carbocycles. The van der Waals surface area contributed by atoms with Crippen LogP contribution in [0, 0.1) is 0 Å². The summed E-state index contributed by atoms with van der Waals surface area (Å²) in [6.07, 6.45) is 0.232.